The van der Waals surface area contributed by atoms with E-state index in [1.807, 2.05) is 107 Å². The molecule has 256 valence electrons. The molecular weight excluding hydrogens is 614 g/mol. The second kappa shape index (κ2) is 13.4. The molecule has 8 heteroatoms. The molecule has 3 aliphatic heterocycles. The summed E-state index contributed by atoms with van der Waals surface area (Å²) in [5.74, 6) is -2.80. The number of carbonyl (C=O) groups is 3. The largest absolute Gasteiger partial charge is 0.394 e. The molecule has 3 aliphatic rings. The van der Waals surface area contributed by atoms with Crippen molar-refractivity contribution in [3.8, 4) is 0 Å². The minimum atomic E-state index is -1.30. The van der Waals surface area contributed by atoms with Gasteiger partial charge in [0.2, 0.25) is 11.8 Å². The summed E-state index contributed by atoms with van der Waals surface area (Å²) in [6.45, 7) is 16.2. The van der Waals surface area contributed by atoms with Crippen LogP contribution < -0.4 is 4.90 Å². The first-order valence-electron chi connectivity index (χ1n) is 17.1. The Hall–Kier alpha value is -4.53. The molecule has 6 rings (SSSR count). The molecule has 3 unspecified atom stereocenters. The minimum absolute atomic E-state index is 0.138. The Labute approximate surface area is 289 Å². The summed E-state index contributed by atoms with van der Waals surface area (Å²) < 4.78 is 7.09. The molecule has 3 amide bonds. The predicted molar refractivity (Wildman–Crippen MR) is 190 cm³/mol. The maximum absolute atomic E-state index is 15.3. The van der Waals surface area contributed by atoms with Gasteiger partial charge in [0.1, 0.15) is 11.6 Å². The number of fused-ring (bicyclic) bond motifs is 1. The van der Waals surface area contributed by atoms with E-state index in [0.717, 1.165) is 22.4 Å². The van der Waals surface area contributed by atoms with Crippen LogP contribution in [0.2, 0.25) is 0 Å². The second-order valence-corrected chi connectivity index (χ2v) is 14.1. The number of hydrogen-bond donors (Lipinski definition) is 1. The van der Waals surface area contributed by atoms with Crippen molar-refractivity contribution in [1.29, 1.82) is 0 Å². The third-order valence-corrected chi connectivity index (χ3v) is 11.1. The van der Waals surface area contributed by atoms with E-state index < -0.39 is 41.7 Å². The number of anilines is 1. The molecule has 1 spiro atoms. The zero-order valence-electron chi connectivity index (χ0n) is 28.9. The maximum atomic E-state index is 15.3. The number of aliphatic hydroxyl groups excluding tert-OH is 1. The SMILES string of the molecule is C=CCN(Cc1ccccc1)C(=O)[C@@H]1[C@H]2C(=O)N([C@H](CO)c3ccccc3)C(C(=O)N(CC=C)c3cc(C)ccc3C)C23CC(C)[C@@]1(C)O3. The van der Waals surface area contributed by atoms with Crippen molar-refractivity contribution in [1.82, 2.24) is 9.80 Å². The number of rotatable bonds is 12. The van der Waals surface area contributed by atoms with Crippen LogP contribution in [0.1, 0.15) is 48.6 Å². The van der Waals surface area contributed by atoms with Crippen molar-refractivity contribution in [3.05, 3.63) is 126 Å². The smallest absolute Gasteiger partial charge is 0.253 e. The van der Waals surface area contributed by atoms with Crippen LogP contribution in [0.5, 0.6) is 0 Å². The van der Waals surface area contributed by atoms with E-state index in [-0.39, 0.29) is 36.7 Å². The lowest BCUT2D eigenvalue weighted by Crippen LogP contribution is -2.57. The molecule has 8 nitrogen and oxygen atoms in total. The van der Waals surface area contributed by atoms with E-state index in [4.69, 9.17) is 4.74 Å². The van der Waals surface area contributed by atoms with Crippen molar-refractivity contribution in [2.75, 3.05) is 24.6 Å². The number of ether oxygens (including phenoxy) is 1. The van der Waals surface area contributed by atoms with Gasteiger partial charge in [0.15, 0.2) is 0 Å². The fourth-order valence-corrected chi connectivity index (χ4v) is 8.68. The fraction of sp³-hybridized carbons (Fsp3) is 0.390. The minimum Gasteiger partial charge on any atom is -0.394 e. The molecule has 0 saturated carbocycles. The van der Waals surface area contributed by atoms with Gasteiger partial charge < -0.3 is 24.5 Å². The van der Waals surface area contributed by atoms with Gasteiger partial charge in [-0.25, -0.2) is 0 Å². The summed E-state index contributed by atoms with van der Waals surface area (Å²) >= 11 is 0. The van der Waals surface area contributed by atoms with Crippen LogP contribution in [0.4, 0.5) is 5.69 Å². The Bertz CT molecular complexity index is 1740. The number of nitrogens with zero attached hydrogens (tertiary/aromatic N) is 3. The molecule has 3 aromatic rings. The summed E-state index contributed by atoms with van der Waals surface area (Å²) in [5.41, 5.74) is 1.97. The number of aryl methyl sites for hydroxylation is 2. The number of carbonyl (C=O) groups excluding carboxylic acids is 3. The fourth-order valence-electron chi connectivity index (χ4n) is 8.68. The van der Waals surface area contributed by atoms with E-state index in [1.165, 1.54) is 4.90 Å². The number of benzene rings is 3. The lowest BCUT2D eigenvalue weighted by molar-refractivity contribution is -0.154. The number of amides is 3. The first-order valence-corrected chi connectivity index (χ1v) is 17.1. The molecule has 3 aromatic carbocycles. The van der Waals surface area contributed by atoms with Crippen molar-refractivity contribution >= 4 is 23.4 Å². The monoisotopic (exact) mass is 661 g/mol. The highest BCUT2D eigenvalue weighted by Crippen LogP contribution is 2.66. The third-order valence-electron chi connectivity index (χ3n) is 11.1. The maximum Gasteiger partial charge on any atom is 0.253 e. The van der Waals surface area contributed by atoms with Gasteiger partial charge in [-0.15, -0.1) is 13.2 Å². The topological polar surface area (TPSA) is 90.4 Å². The van der Waals surface area contributed by atoms with Crippen LogP contribution in [0.25, 0.3) is 0 Å². The highest BCUT2D eigenvalue weighted by Gasteiger charge is 2.80. The van der Waals surface area contributed by atoms with E-state index in [2.05, 4.69) is 13.2 Å². The predicted octanol–water partition coefficient (Wildman–Crippen LogP) is 5.78. The molecule has 3 heterocycles. The van der Waals surface area contributed by atoms with Crippen molar-refractivity contribution in [2.24, 2.45) is 17.8 Å². The number of hydrogen-bond acceptors (Lipinski definition) is 5. The summed E-state index contributed by atoms with van der Waals surface area (Å²) in [7, 11) is 0. The number of aliphatic hydroxyl groups is 1. The van der Waals surface area contributed by atoms with Gasteiger partial charge in [0.05, 0.1) is 30.1 Å². The Kier molecular flexibility index (Phi) is 9.40. The zero-order valence-corrected chi connectivity index (χ0v) is 28.9. The van der Waals surface area contributed by atoms with Crippen molar-refractivity contribution in [2.45, 2.75) is 63.9 Å². The van der Waals surface area contributed by atoms with E-state index in [1.54, 1.807) is 22.0 Å². The Morgan fingerprint density at radius 2 is 1.65 bits per heavy atom. The quantitative estimate of drug-likeness (QED) is 0.249. The molecule has 2 bridgehead atoms. The number of likely N-dealkylation sites (tertiary alicyclic amines) is 1. The van der Waals surface area contributed by atoms with Gasteiger partial charge >= 0.3 is 0 Å². The van der Waals surface area contributed by atoms with Crippen molar-refractivity contribution < 1.29 is 24.2 Å². The molecule has 0 aromatic heterocycles. The standard InChI is InChI=1S/C41H47N3O5/c1-7-21-42(25-30-15-11-9-12-16-30)37(46)34-35-38(47)44(33(26-45)31-17-13-10-14-18-31)36(41(35)24-29(5)40(34,6)49-41)39(48)43(22-8-2)32-23-27(3)19-20-28(32)4/h7-20,23,29,33-36,45H,1-2,21-22,24-26H2,3-6H3/t29?,33-,34+,35+,36?,40-,41?/m1/s1. The van der Waals surface area contributed by atoms with Crippen LogP contribution in [-0.4, -0.2) is 69.6 Å². The Morgan fingerprint density at radius 1 is 1.00 bits per heavy atom. The molecular formula is C41H47N3O5. The van der Waals surface area contributed by atoms with Gasteiger partial charge in [0, 0.05) is 25.3 Å². The summed E-state index contributed by atoms with van der Waals surface area (Å²) in [5, 5.41) is 11.0. The van der Waals surface area contributed by atoms with Crippen LogP contribution in [0.3, 0.4) is 0 Å². The van der Waals surface area contributed by atoms with Crippen LogP contribution in [-0.2, 0) is 25.7 Å². The zero-order chi connectivity index (χ0) is 35.1. The lowest BCUT2D eigenvalue weighted by atomic mass is 9.62. The highest BCUT2D eigenvalue weighted by atomic mass is 16.5. The lowest BCUT2D eigenvalue weighted by Gasteiger charge is -2.40. The van der Waals surface area contributed by atoms with Crippen LogP contribution >= 0.6 is 0 Å². The molecule has 3 saturated heterocycles. The van der Waals surface area contributed by atoms with E-state index >= 15 is 9.59 Å². The van der Waals surface area contributed by atoms with E-state index in [9.17, 15) is 9.90 Å². The third kappa shape index (κ3) is 5.61. The normalized spacial score (nSPS) is 27.4. The molecule has 1 N–H and O–H groups in total. The average molecular weight is 662 g/mol. The first-order chi connectivity index (χ1) is 23.5. The van der Waals surface area contributed by atoms with Gasteiger partial charge in [-0.3, -0.25) is 14.4 Å². The van der Waals surface area contributed by atoms with Gasteiger partial charge in [-0.05, 0) is 61.4 Å². The molecule has 3 fully saturated rings. The highest BCUT2D eigenvalue weighted by molar-refractivity contribution is 6.05. The summed E-state index contributed by atoms with van der Waals surface area (Å²) in [6.07, 6.45) is 3.79. The van der Waals surface area contributed by atoms with E-state index in [0.29, 0.717) is 18.5 Å². The summed E-state index contributed by atoms with van der Waals surface area (Å²) in [6, 6.07) is 23.0. The molecule has 0 aliphatic carbocycles. The molecule has 0 radical (unpaired) electrons. The van der Waals surface area contributed by atoms with Crippen LogP contribution in [0.15, 0.2) is 104 Å². The Balaban J connectivity index is 1.51. The summed E-state index contributed by atoms with van der Waals surface area (Å²) in [4.78, 5) is 50.3. The van der Waals surface area contributed by atoms with Crippen LogP contribution in [0, 0.1) is 31.6 Å². The average Bonchev–Trinajstić information content (AvgIpc) is 3.61. The van der Waals surface area contributed by atoms with Crippen molar-refractivity contribution in [3.63, 3.8) is 0 Å². The first kappa shape index (κ1) is 34.3. The molecule has 7 atom stereocenters. The van der Waals surface area contributed by atoms with Gasteiger partial charge in [0.25, 0.3) is 5.91 Å². The Morgan fingerprint density at radius 3 is 2.29 bits per heavy atom. The van der Waals surface area contributed by atoms with Gasteiger partial charge in [-0.2, -0.15) is 0 Å². The van der Waals surface area contributed by atoms with Gasteiger partial charge in [-0.1, -0.05) is 91.9 Å². The molecule has 49 heavy (non-hydrogen) atoms. The second-order valence-electron chi connectivity index (χ2n) is 14.1.